The third kappa shape index (κ3) is 4.79. The fourth-order valence-electron chi connectivity index (χ4n) is 2.35. The van der Waals surface area contributed by atoms with E-state index in [1.807, 2.05) is 31.2 Å². The molecule has 1 heterocycles. The van der Waals surface area contributed by atoms with Crippen LogP contribution in [0.15, 0.2) is 33.6 Å². The van der Waals surface area contributed by atoms with Gasteiger partial charge in [0.25, 0.3) is 0 Å². The van der Waals surface area contributed by atoms with Gasteiger partial charge in [-0.3, -0.25) is 4.79 Å². The van der Waals surface area contributed by atoms with Gasteiger partial charge in [-0.2, -0.15) is 0 Å². The Hall–Kier alpha value is -0.520. The molecule has 3 atom stereocenters. The molecular weight excluding hydrogens is 336 g/mol. The highest BCUT2D eigenvalue weighted by Gasteiger charge is 2.22. The van der Waals surface area contributed by atoms with Crippen LogP contribution in [0, 0.1) is 0 Å². The number of nitrogens with one attached hydrogen (secondary N) is 2. The van der Waals surface area contributed by atoms with E-state index in [9.17, 15) is 4.79 Å². The smallest absolute Gasteiger partial charge is 0.233 e. The van der Waals surface area contributed by atoms with Crippen molar-refractivity contribution in [3.63, 3.8) is 0 Å². The summed E-state index contributed by atoms with van der Waals surface area (Å²) < 4.78 is 1.06. The van der Waals surface area contributed by atoms with E-state index in [1.54, 1.807) is 11.8 Å². The number of thioether (sulfide) groups is 1. The predicted octanol–water partition coefficient (Wildman–Crippen LogP) is 3.19. The number of rotatable bonds is 4. The molecule has 5 heteroatoms. The van der Waals surface area contributed by atoms with E-state index >= 15 is 0 Å². The van der Waals surface area contributed by atoms with Crippen LogP contribution in [0.4, 0.5) is 0 Å². The first-order valence-electron chi connectivity index (χ1n) is 7.00. The normalized spacial score (nSPS) is 24.1. The van der Waals surface area contributed by atoms with Crippen LogP contribution in [0.5, 0.6) is 0 Å². The predicted molar refractivity (Wildman–Crippen MR) is 88.1 cm³/mol. The molecule has 110 valence electrons. The number of carbonyl (C=O) groups excluding carboxylic acids is 1. The zero-order valence-electron chi connectivity index (χ0n) is 11.9. The molecule has 0 bridgehead atoms. The highest BCUT2D eigenvalue weighted by Crippen LogP contribution is 2.25. The number of hydrogen-bond donors (Lipinski definition) is 2. The molecule has 1 saturated heterocycles. The molecular formula is C15H21BrN2OS. The second-order valence-electron chi connectivity index (χ2n) is 5.30. The van der Waals surface area contributed by atoms with Gasteiger partial charge in [-0.05, 0) is 57.5 Å². The molecule has 20 heavy (non-hydrogen) atoms. The summed E-state index contributed by atoms with van der Waals surface area (Å²) in [5.41, 5.74) is 0. The van der Waals surface area contributed by atoms with Crippen LogP contribution < -0.4 is 10.6 Å². The average Bonchev–Trinajstić information content (AvgIpc) is 2.41. The maximum atomic E-state index is 12.2. The van der Waals surface area contributed by atoms with Gasteiger partial charge in [0, 0.05) is 21.5 Å². The summed E-state index contributed by atoms with van der Waals surface area (Å²) in [6.07, 6.45) is 2.03. The third-order valence-corrected chi connectivity index (χ3v) is 5.11. The molecule has 1 aromatic rings. The zero-order chi connectivity index (χ0) is 14.5. The number of halogens is 1. The largest absolute Gasteiger partial charge is 0.352 e. The van der Waals surface area contributed by atoms with E-state index in [0.717, 1.165) is 28.8 Å². The summed E-state index contributed by atoms with van der Waals surface area (Å²) in [5.74, 6) is 0.136. The van der Waals surface area contributed by atoms with Gasteiger partial charge in [0.15, 0.2) is 0 Å². The number of benzene rings is 1. The van der Waals surface area contributed by atoms with Crippen molar-refractivity contribution in [2.24, 2.45) is 0 Å². The van der Waals surface area contributed by atoms with Gasteiger partial charge in [0.05, 0.1) is 5.25 Å². The Bertz CT molecular complexity index is 452. The van der Waals surface area contributed by atoms with Crippen LogP contribution in [0.1, 0.15) is 26.7 Å². The fourth-order valence-corrected chi connectivity index (χ4v) is 3.49. The van der Waals surface area contributed by atoms with E-state index in [1.165, 1.54) is 0 Å². The monoisotopic (exact) mass is 356 g/mol. The number of piperidine rings is 1. The van der Waals surface area contributed by atoms with Crippen LogP contribution in [0.25, 0.3) is 0 Å². The Labute approximate surface area is 133 Å². The van der Waals surface area contributed by atoms with E-state index in [4.69, 9.17) is 0 Å². The van der Waals surface area contributed by atoms with Crippen LogP contribution in [0.2, 0.25) is 0 Å². The summed E-state index contributed by atoms with van der Waals surface area (Å²) >= 11 is 5.02. The molecule has 1 fully saturated rings. The lowest BCUT2D eigenvalue weighted by Gasteiger charge is -2.29. The summed E-state index contributed by atoms with van der Waals surface area (Å²) in [7, 11) is 0. The molecule has 3 unspecified atom stereocenters. The Balaban J connectivity index is 1.83. The second kappa shape index (κ2) is 7.48. The van der Waals surface area contributed by atoms with E-state index < -0.39 is 0 Å². The summed E-state index contributed by atoms with van der Waals surface area (Å²) in [6, 6.07) is 8.87. The Morgan fingerprint density at radius 1 is 1.45 bits per heavy atom. The lowest BCUT2D eigenvalue weighted by Crippen LogP contribution is -2.48. The van der Waals surface area contributed by atoms with E-state index in [0.29, 0.717) is 12.1 Å². The second-order valence-corrected chi connectivity index (χ2v) is 7.63. The van der Waals surface area contributed by atoms with E-state index in [2.05, 4.69) is 33.5 Å². The van der Waals surface area contributed by atoms with Crippen molar-refractivity contribution in [1.82, 2.24) is 10.6 Å². The first-order valence-corrected chi connectivity index (χ1v) is 8.68. The summed E-state index contributed by atoms with van der Waals surface area (Å²) in [4.78, 5) is 13.3. The minimum atomic E-state index is -0.0682. The highest BCUT2D eigenvalue weighted by molar-refractivity contribution is 9.10. The van der Waals surface area contributed by atoms with Crippen molar-refractivity contribution < 1.29 is 4.79 Å². The fraction of sp³-hybridized carbons (Fsp3) is 0.533. The molecule has 1 amide bonds. The van der Waals surface area contributed by atoms with Crippen molar-refractivity contribution in [2.45, 2.75) is 48.9 Å². The third-order valence-electron chi connectivity index (χ3n) is 3.47. The average molecular weight is 357 g/mol. The standard InChI is InChI=1S/C15H21BrN2OS/c1-10-9-13(7-8-17-10)18-15(19)11(2)20-14-5-3-12(16)4-6-14/h3-6,10-11,13,17H,7-9H2,1-2H3,(H,18,19). The summed E-state index contributed by atoms with van der Waals surface area (Å²) in [6.45, 7) is 5.12. The van der Waals surface area contributed by atoms with Gasteiger partial charge in [-0.15, -0.1) is 11.8 Å². The topological polar surface area (TPSA) is 41.1 Å². The molecule has 1 aromatic carbocycles. The highest BCUT2D eigenvalue weighted by atomic mass is 79.9. The molecule has 0 aliphatic carbocycles. The van der Waals surface area contributed by atoms with Crippen molar-refractivity contribution in [3.8, 4) is 0 Å². The molecule has 3 nitrogen and oxygen atoms in total. The van der Waals surface area contributed by atoms with Crippen molar-refractivity contribution in [3.05, 3.63) is 28.7 Å². The molecule has 1 aliphatic rings. The minimum absolute atomic E-state index is 0.0682. The molecule has 0 saturated carbocycles. The molecule has 2 N–H and O–H groups in total. The lowest BCUT2D eigenvalue weighted by molar-refractivity contribution is -0.121. The van der Waals surface area contributed by atoms with Gasteiger partial charge in [-0.1, -0.05) is 15.9 Å². The Kier molecular flexibility index (Phi) is 5.93. The first-order chi connectivity index (χ1) is 9.54. The molecule has 0 spiro atoms. The minimum Gasteiger partial charge on any atom is -0.352 e. The van der Waals surface area contributed by atoms with Crippen LogP contribution in [-0.2, 0) is 4.79 Å². The van der Waals surface area contributed by atoms with Gasteiger partial charge in [0.1, 0.15) is 0 Å². The lowest BCUT2D eigenvalue weighted by atomic mass is 10.0. The van der Waals surface area contributed by atoms with Crippen LogP contribution in [-0.4, -0.2) is 29.8 Å². The van der Waals surface area contributed by atoms with E-state index in [-0.39, 0.29) is 11.2 Å². The van der Waals surface area contributed by atoms with Gasteiger partial charge in [-0.25, -0.2) is 0 Å². The number of amides is 1. The molecule has 1 aliphatic heterocycles. The van der Waals surface area contributed by atoms with Gasteiger partial charge >= 0.3 is 0 Å². The molecule has 2 rings (SSSR count). The quantitative estimate of drug-likeness (QED) is 0.814. The Morgan fingerprint density at radius 2 is 2.15 bits per heavy atom. The van der Waals surface area contributed by atoms with Crippen molar-refractivity contribution in [1.29, 1.82) is 0 Å². The van der Waals surface area contributed by atoms with Crippen LogP contribution >= 0.6 is 27.7 Å². The SMILES string of the molecule is CC1CC(NC(=O)C(C)Sc2ccc(Br)cc2)CCN1. The molecule has 0 aromatic heterocycles. The van der Waals surface area contributed by atoms with Crippen molar-refractivity contribution >= 4 is 33.6 Å². The van der Waals surface area contributed by atoms with Crippen LogP contribution in [0.3, 0.4) is 0 Å². The number of carbonyl (C=O) groups is 1. The first kappa shape index (κ1) is 15.9. The summed E-state index contributed by atoms with van der Waals surface area (Å²) in [5, 5.41) is 6.50. The maximum absolute atomic E-state index is 12.2. The molecule has 0 radical (unpaired) electrons. The Morgan fingerprint density at radius 3 is 2.80 bits per heavy atom. The maximum Gasteiger partial charge on any atom is 0.233 e. The van der Waals surface area contributed by atoms with Crippen molar-refractivity contribution in [2.75, 3.05) is 6.54 Å². The zero-order valence-corrected chi connectivity index (χ0v) is 14.3. The van der Waals surface area contributed by atoms with Gasteiger partial charge < -0.3 is 10.6 Å². The van der Waals surface area contributed by atoms with Gasteiger partial charge in [0.2, 0.25) is 5.91 Å². The number of hydrogen-bond acceptors (Lipinski definition) is 3.